The maximum atomic E-state index is 7.63. The minimum Gasteiger partial charge on any atom is -0.469 e. The van der Waals surface area contributed by atoms with Crippen LogP contribution in [-0.2, 0) is 4.74 Å². The van der Waals surface area contributed by atoms with E-state index in [9.17, 15) is 0 Å². The Morgan fingerprint density at radius 1 is 1.39 bits per heavy atom. The molecule has 2 heterocycles. The summed E-state index contributed by atoms with van der Waals surface area (Å²) in [6.45, 7) is 1.17. The fraction of sp³-hybridized carbons (Fsp3) is 0.231. The molecule has 92 valence electrons. The van der Waals surface area contributed by atoms with Crippen LogP contribution in [0, 0.1) is 5.41 Å². The van der Waals surface area contributed by atoms with Crippen LogP contribution in [0.25, 0.3) is 10.9 Å². The van der Waals surface area contributed by atoms with Gasteiger partial charge in [-0.15, -0.1) is 0 Å². The van der Waals surface area contributed by atoms with Gasteiger partial charge in [-0.3, -0.25) is 5.41 Å². The van der Waals surface area contributed by atoms with Crippen molar-refractivity contribution in [2.75, 3.05) is 13.2 Å². The third-order valence-electron chi connectivity index (χ3n) is 2.88. The highest BCUT2D eigenvalue weighted by molar-refractivity contribution is 6.06. The van der Waals surface area contributed by atoms with Crippen molar-refractivity contribution in [2.24, 2.45) is 5.73 Å². The summed E-state index contributed by atoms with van der Waals surface area (Å²) in [6, 6.07) is 9.29. The normalized spacial score (nSPS) is 15.3. The van der Waals surface area contributed by atoms with E-state index in [1.165, 1.54) is 0 Å². The van der Waals surface area contributed by atoms with Crippen LogP contribution in [0.4, 0.5) is 0 Å². The zero-order chi connectivity index (χ0) is 12.5. The third-order valence-corrected chi connectivity index (χ3v) is 2.88. The minimum atomic E-state index is 0.0170. The first-order valence-electron chi connectivity index (χ1n) is 5.72. The van der Waals surface area contributed by atoms with Crippen LogP contribution in [0.5, 0.6) is 5.88 Å². The lowest BCUT2D eigenvalue weighted by Gasteiger charge is -2.26. The summed E-state index contributed by atoms with van der Waals surface area (Å²) in [5.41, 5.74) is 7.03. The second-order valence-corrected chi connectivity index (χ2v) is 4.22. The summed E-state index contributed by atoms with van der Waals surface area (Å²) in [6.07, 6.45) is 0.0541. The number of hydrogen-bond acceptors (Lipinski definition) is 4. The van der Waals surface area contributed by atoms with Crippen molar-refractivity contribution in [1.82, 2.24) is 4.98 Å². The van der Waals surface area contributed by atoms with Crippen LogP contribution in [0.2, 0.25) is 0 Å². The highest BCUT2D eigenvalue weighted by Crippen LogP contribution is 2.23. The Balaban J connectivity index is 2.07. The maximum absolute atomic E-state index is 7.63. The van der Waals surface area contributed by atoms with E-state index in [1.807, 2.05) is 24.3 Å². The maximum Gasteiger partial charge on any atom is 0.214 e. The van der Waals surface area contributed by atoms with Crippen LogP contribution in [-0.4, -0.2) is 30.1 Å². The Morgan fingerprint density at radius 2 is 2.17 bits per heavy atom. The molecule has 0 atom stereocenters. The summed E-state index contributed by atoms with van der Waals surface area (Å²) in [5, 5.41) is 8.49. The molecule has 0 amide bonds. The van der Waals surface area contributed by atoms with E-state index in [2.05, 4.69) is 4.98 Å². The van der Waals surface area contributed by atoms with Crippen LogP contribution < -0.4 is 10.5 Å². The van der Waals surface area contributed by atoms with Crippen molar-refractivity contribution < 1.29 is 9.47 Å². The van der Waals surface area contributed by atoms with Gasteiger partial charge in [0, 0.05) is 17.0 Å². The topological polar surface area (TPSA) is 81.2 Å². The smallest absolute Gasteiger partial charge is 0.214 e. The average molecular weight is 243 g/mol. The lowest BCUT2D eigenvalue weighted by Crippen LogP contribution is -2.38. The lowest BCUT2D eigenvalue weighted by atomic mass is 10.1. The summed E-state index contributed by atoms with van der Waals surface area (Å²) in [7, 11) is 0. The molecule has 0 radical (unpaired) electrons. The molecule has 18 heavy (non-hydrogen) atoms. The zero-order valence-corrected chi connectivity index (χ0v) is 9.72. The van der Waals surface area contributed by atoms with E-state index in [0.29, 0.717) is 24.7 Å². The quantitative estimate of drug-likeness (QED) is 0.628. The largest absolute Gasteiger partial charge is 0.469 e. The first-order valence-corrected chi connectivity index (χ1v) is 5.72. The molecule has 2 aromatic rings. The molecule has 1 saturated heterocycles. The van der Waals surface area contributed by atoms with E-state index in [1.54, 1.807) is 6.07 Å². The molecule has 1 aromatic carbocycles. The number of pyridine rings is 1. The molecule has 3 N–H and O–H groups in total. The van der Waals surface area contributed by atoms with E-state index in [4.69, 9.17) is 20.6 Å². The number of nitrogens with zero attached hydrogens (tertiary/aromatic N) is 1. The number of benzene rings is 1. The van der Waals surface area contributed by atoms with Crippen LogP contribution in [0.15, 0.2) is 30.3 Å². The predicted molar refractivity (Wildman–Crippen MR) is 68.0 cm³/mol. The van der Waals surface area contributed by atoms with Crippen LogP contribution in [0.1, 0.15) is 5.56 Å². The van der Waals surface area contributed by atoms with Crippen molar-refractivity contribution >= 4 is 16.7 Å². The van der Waals surface area contributed by atoms with E-state index >= 15 is 0 Å². The van der Waals surface area contributed by atoms with Gasteiger partial charge in [-0.2, -0.15) is 0 Å². The van der Waals surface area contributed by atoms with Crippen LogP contribution in [0.3, 0.4) is 0 Å². The molecular weight excluding hydrogens is 230 g/mol. The van der Waals surface area contributed by atoms with Gasteiger partial charge in [0.15, 0.2) is 0 Å². The molecule has 1 fully saturated rings. The third kappa shape index (κ3) is 1.89. The Bertz CT molecular complexity index is 608. The number of fused-ring (bicyclic) bond motifs is 1. The van der Waals surface area contributed by atoms with Gasteiger partial charge in [0.1, 0.15) is 11.9 Å². The van der Waals surface area contributed by atoms with Gasteiger partial charge >= 0.3 is 0 Å². The second-order valence-electron chi connectivity index (χ2n) is 4.22. The molecular formula is C13H13N3O2. The predicted octanol–water partition coefficient (Wildman–Crippen LogP) is 1.30. The average Bonchev–Trinajstić information content (AvgIpc) is 2.32. The SMILES string of the molecule is N=C(N)c1cc(OC2COC2)nc2ccccc12. The number of nitrogen functional groups attached to an aromatic ring is 1. The Hall–Kier alpha value is -2.14. The van der Waals surface area contributed by atoms with E-state index in [-0.39, 0.29) is 11.9 Å². The highest BCUT2D eigenvalue weighted by atomic mass is 16.6. The molecule has 0 saturated carbocycles. The number of amidine groups is 1. The van der Waals surface area contributed by atoms with Gasteiger partial charge in [-0.1, -0.05) is 18.2 Å². The Labute approximate surface area is 104 Å². The van der Waals surface area contributed by atoms with Gasteiger partial charge in [0.05, 0.1) is 18.7 Å². The molecule has 5 nitrogen and oxygen atoms in total. The van der Waals surface area contributed by atoms with Crippen molar-refractivity contribution in [1.29, 1.82) is 5.41 Å². The Kier molecular flexibility index (Phi) is 2.60. The monoisotopic (exact) mass is 243 g/mol. The molecule has 0 bridgehead atoms. The van der Waals surface area contributed by atoms with E-state index in [0.717, 1.165) is 10.9 Å². The standard InChI is InChI=1S/C13H13N3O2/c14-13(15)10-5-12(18-8-6-17-7-8)16-11-4-2-1-3-9(10)11/h1-5,8H,6-7H2,(H3,14,15). The van der Waals surface area contributed by atoms with Crippen LogP contribution >= 0.6 is 0 Å². The number of rotatable bonds is 3. The molecule has 0 unspecified atom stereocenters. The first kappa shape index (κ1) is 11.0. The summed E-state index contributed by atoms with van der Waals surface area (Å²) < 4.78 is 10.7. The number of para-hydroxylation sites is 1. The molecule has 0 spiro atoms. The molecule has 3 rings (SSSR count). The minimum absolute atomic E-state index is 0.0170. The fourth-order valence-corrected chi connectivity index (χ4v) is 1.89. The zero-order valence-electron chi connectivity index (χ0n) is 9.72. The second kappa shape index (κ2) is 4.27. The van der Waals surface area contributed by atoms with Gasteiger partial charge in [-0.25, -0.2) is 4.98 Å². The summed E-state index contributed by atoms with van der Waals surface area (Å²) >= 11 is 0. The highest BCUT2D eigenvalue weighted by Gasteiger charge is 2.21. The summed E-state index contributed by atoms with van der Waals surface area (Å²) in [5.74, 6) is 0.510. The number of nitrogens with two attached hydrogens (primary N) is 1. The van der Waals surface area contributed by atoms with Crippen molar-refractivity contribution in [3.8, 4) is 5.88 Å². The number of hydrogen-bond donors (Lipinski definition) is 2. The fourth-order valence-electron chi connectivity index (χ4n) is 1.89. The molecule has 1 aliphatic heterocycles. The lowest BCUT2D eigenvalue weighted by molar-refractivity contribution is -0.0812. The number of aromatic nitrogens is 1. The van der Waals surface area contributed by atoms with E-state index < -0.39 is 0 Å². The molecule has 0 aliphatic carbocycles. The Morgan fingerprint density at radius 3 is 2.83 bits per heavy atom. The number of ether oxygens (including phenoxy) is 2. The van der Waals surface area contributed by atoms with Gasteiger partial charge in [0.25, 0.3) is 0 Å². The first-order chi connectivity index (χ1) is 8.74. The van der Waals surface area contributed by atoms with Gasteiger partial charge < -0.3 is 15.2 Å². The van der Waals surface area contributed by atoms with Crippen molar-refractivity contribution in [3.05, 3.63) is 35.9 Å². The van der Waals surface area contributed by atoms with Crippen molar-refractivity contribution in [2.45, 2.75) is 6.10 Å². The molecule has 1 aliphatic rings. The molecule has 1 aromatic heterocycles. The molecule has 5 heteroatoms. The summed E-state index contributed by atoms with van der Waals surface area (Å²) in [4.78, 5) is 4.41. The van der Waals surface area contributed by atoms with Crippen molar-refractivity contribution in [3.63, 3.8) is 0 Å². The van der Waals surface area contributed by atoms with Gasteiger partial charge in [-0.05, 0) is 6.07 Å². The van der Waals surface area contributed by atoms with Gasteiger partial charge in [0.2, 0.25) is 5.88 Å². The number of nitrogens with one attached hydrogen (secondary N) is 1.